The van der Waals surface area contributed by atoms with Gasteiger partial charge in [-0.15, -0.1) is 0 Å². The van der Waals surface area contributed by atoms with Gasteiger partial charge in [0.05, 0.1) is 0 Å². The molecule has 0 amide bonds. The Hall–Kier alpha value is -1.90. The zero-order chi connectivity index (χ0) is 41.1. The average molecular weight is 910 g/mol. The van der Waals surface area contributed by atoms with Crippen molar-refractivity contribution in [2.24, 2.45) is 0 Å². The molecule has 59 heavy (non-hydrogen) atoms. The van der Waals surface area contributed by atoms with Crippen LogP contribution in [0.25, 0.3) is 22.3 Å². The van der Waals surface area contributed by atoms with E-state index in [9.17, 15) is 0 Å². The fourth-order valence-electron chi connectivity index (χ4n) is 6.04. The van der Waals surface area contributed by atoms with Crippen molar-refractivity contribution >= 4 is 22.4 Å². The monoisotopic (exact) mass is 908 g/mol. The Morgan fingerprint density at radius 3 is 1.05 bits per heavy atom. The number of carbonyl (C=O) groups excluding carboxylic acids is 1. The molecule has 0 spiro atoms. The third-order valence-electron chi connectivity index (χ3n) is 9.10. The molecule has 0 atom stereocenters. The smallest absolute Gasteiger partial charge is 1.00 e. The van der Waals surface area contributed by atoms with Gasteiger partial charge in [0.15, 0.2) is 0 Å². The van der Waals surface area contributed by atoms with Gasteiger partial charge in [-0.2, -0.15) is 0 Å². The summed E-state index contributed by atoms with van der Waals surface area (Å²) in [6.07, 6.45) is 9.27. The molecule has 5 nitrogen and oxygen atoms in total. The van der Waals surface area contributed by atoms with Crippen molar-refractivity contribution in [2.45, 2.75) is 91.0 Å². The maximum Gasteiger partial charge on any atom is 1.00 e. The summed E-state index contributed by atoms with van der Waals surface area (Å²) in [5, 5.41) is 18.3. The van der Waals surface area contributed by atoms with E-state index in [1.165, 1.54) is 81.3 Å². The van der Waals surface area contributed by atoms with Crippen LogP contribution in [0, 0.1) is 0 Å². The van der Waals surface area contributed by atoms with E-state index in [0.717, 1.165) is 36.8 Å². The zero-order valence-electron chi connectivity index (χ0n) is 37.0. The number of ether oxygens (including phenoxy) is 1. The summed E-state index contributed by atoms with van der Waals surface area (Å²) in [6.45, 7) is 9.20. The van der Waals surface area contributed by atoms with Gasteiger partial charge in [0.1, 0.15) is 18.1 Å². The maximum absolute atomic E-state index is 8.92. The minimum absolute atomic E-state index is 0. The summed E-state index contributed by atoms with van der Waals surface area (Å²) < 4.78 is 5.91. The van der Waals surface area contributed by atoms with Crippen molar-refractivity contribution in [3.05, 3.63) is 179 Å². The normalized spacial score (nSPS) is 9.73. The van der Waals surface area contributed by atoms with E-state index < -0.39 is 0 Å². The van der Waals surface area contributed by atoms with Crippen LogP contribution in [-0.4, -0.2) is 11.6 Å². The Morgan fingerprint density at radius 1 is 0.492 bits per heavy atom. The molecule has 6 aromatic rings. The topological polar surface area (TPSA) is 78.8 Å². The molecule has 0 saturated carbocycles. The van der Waals surface area contributed by atoms with Gasteiger partial charge in [-0.3, -0.25) is 4.79 Å². The standard InChI is InChI=1S/C25H28O.C16H17Br.C9H12O.CH2O3.2K.H/c1-3-5-20-7-13-23(14-8-20)24-15-9-22(10-16-24)19-26-25-17-11-21(6-4-2)12-18-25;1-2-3-13-4-8-15(9-5-13)16-10-6-14(12-17)7-11-16;1-2-3-8-4-6-9(10)7-5-8;2-1-4-3;;;/h7-18H,3-6,19H2,1-2H3;4-11H,2-3,12H2,1H3;4-7,10H,2-3H2,1H3;1,3H;;;/q;;;;2*+1;-1/p-1. The summed E-state index contributed by atoms with van der Waals surface area (Å²) in [4.78, 5) is 11.2. The van der Waals surface area contributed by atoms with Crippen LogP contribution < -0.4 is 113 Å². The SMILES string of the molecule is CCCc1ccc(-c2ccc(CBr)cc2)cc1.CCCc1ccc(O)cc1.CCCc1ccc(OCc2ccc(-c3ccc(CCC)cc3)cc2)cc1.O=CO[O-].[H-].[K+].[K+]. The zero-order valence-corrected chi connectivity index (χ0v) is 43.8. The van der Waals surface area contributed by atoms with Crippen molar-refractivity contribution in [3.8, 4) is 33.8 Å². The second-order valence-electron chi connectivity index (χ2n) is 13.7. The average Bonchev–Trinajstić information content (AvgIpc) is 3.26. The molecule has 302 valence electrons. The maximum atomic E-state index is 8.92. The number of rotatable bonds is 15. The molecule has 0 aliphatic carbocycles. The van der Waals surface area contributed by atoms with Crippen LogP contribution in [0.3, 0.4) is 0 Å². The number of carbonyl (C=O) groups is 1. The van der Waals surface area contributed by atoms with Crippen molar-refractivity contribution in [3.63, 3.8) is 0 Å². The van der Waals surface area contributed by atoms with Gasteiger partial charge in [0.2, 0.25) is 0 Å². The third kappa shape index (κ3) is 22.2. The summed E-state index contributed by atoms with van der Waals surface area (Å²) in [7, 11) is 0. The third-order valence-corrected chi connectivity index (χ3v) is 9.74. The summed E-state index contributed by atoms with van der Waals surface area (Å²) in [5.74, 6) is 1.28. The number of phenolic OH excluding ortho intramolecular Hbond substituents is 1. The number of aryl methyl sites for hydroxylation is 4. The predicted octanol–water partition coefficient (Wildman–Crippen LogP) is 6.94. The van der Waals surface area contributed by atoms with Crippen molar-refractivity contribution in [1.29, 1.82) is 0 Å². The molecule has 6 rings (SSSR count). The molecule has 0 fully saturated rings. The second kappa shape index (κ2) is 33.7. The van der Waals surface area contributed by atoms with Gasteiger partial charge in [-0.25, -0.2) is 0 Å². The van der Waals surface area contributed by atoms with Crippen molar-refractivity contribution < 1.29 is 129 Å². The van der Waals surface area contributed by atoms with Crippen LogP contribution in [0.4, 0.5) is 0 Å². The Morgan fingerprint density at radius 2 is 0.763 bits per heavy atom. The van der Waals surface area contributed by atoms with Gasteiger partial charge in [-0.1, -0.05) is 191 Å². The number of alkyl halides is 1. The Labute approximate surface area is 448 Å². The van der Waals surface area contributed by atoms with E-state index >= 15 is 0 Å². The van der Waals surface area contributed by atoms with E-state index in [2.05, 4.69) is 170 Å². The molecule has 0 saturated heterocycles. The van der Waals surface area contributed by atoms with Crippen LogP contribution in [0.15, 0.2) is 146 Å². The first-order chi connectivity index (χ1) is 27.8. The molecular weight excluding hydrogens is 851 g/mol. The van der Waals surface area contributed by atoms with Crippen LogP contribution >= 0.6 is 15.9 Å². The van der Waals surface area contributed by atoms with Crippen molar-refractivity contribution in [1.82, 2.24) is 0 Å². The van der Waals surface area contributed by atoms with Crippen molar-refractivity contribution in [2.75, 3.05) is 0 Å². The molecule has 0 aromatic heterocycles. The Balaban J connectivity index is 0.000000882. The largest absolute Gasteiger partial charge is 1.00 e. The number of aromatic hydroxyl groups is 1. The van der Waals surface area contributed by atoms with Gasteiger partial charge < -0.3 is 21.4 Å². The summed E-state index contributed by atoms with van der Waals surface area (Å²) in [5.41, 5.74) is 13.1. The molecule has 1 N–H and O–H groups in total. The fourth-order valence-corrected chi connectivity index (χ4v) is 6.42. The molecule has 8 heteroatoms. The number of halogens is 1. The fraction of sp³-hybridized carbons (Fsp3) is 0.275. The van der Waals surface area contributed by atoms with Gasteiger partial charge in [-0.05, 0) is 106 Å². The molecular formula is C51H59BrK2O5. The molecule has 6 aromatic carbocycles. The van der Waals surface area contributed by atoms with E-state index in [-0.39, 0.29) is 111 Å². The summed E-state index contributed by atoms with van der Waals surface area (Å²) >= 11 is 3.47. The minimum Gasteiger partial charge on any atom is -1.00 e. The first-order valence-electron chi connectivity index (χ1n) is 20.0. The van der Waals surface area contributed by atoms with Crippen LogP contribution in [0.2, 0.25) is 0 Å². The molecule has 0 unspecified atom stereocenters. The van der Waals surface area contributed by atoms with Crippen LogP contribution in [0.5, 0.6) is 11.5 Å². The number of hydrogen-bond donors (Lipinski definition) is 1. The molecule has 0 heterocycles. The molecule has 0 bridgehead atoms. The second-order valence-corrected chi connectivity index (χ2v) is 14.3. The number of benzene rings is 6. The van der Waals surface area contributed by atoms with E-state index in [0.29, 0.717) is 12.4 Å². The molecule has 0 radical (unpaired) electrons. The molecule has 0 aliphatic heterocycles. The van der Waals surface area contributed by atoms with Crippen LogP contribution in [0.1, 0.15) is 88.2 Å². The quantitative estimate of drug-likeness (QED) is 0.0398. The van der Waals surface area contributed by atoms with E-state index in [4.69, 9.17) is 19.9 Å². The van der Waals surface area contributed by atoms with Crippen LogP contribution in [-0.2, 0) is 47.3 Å². The Kier molecular flexibility index (Phi) is 31.5. The van der Waals surface area contributed by atoms with E-state index in [1.54, 1.807) is 12.1 Å². The van der Waals surface area contributed by atoms with Gasteiger partial charge in [0.25, 0.3) is 6.47 Å². The predicted molar refractivity (Wildman–Crippen MR) is 240 cm³/mol. The minimum atomic E-state index is -0.181. The summed E-state index contributed by atoms with van der Waals surface area (Å²) in [6, 6.07) is 51.0. The number of hydrogen-bond acceptors (Lipinski definition) is 5. The Bertz CT molecular complexity index is 1940. The molecule has 0 aliphatic rings. The first-order valence-corrected chi connectivity index (χ1v) is 21.1. The van der Waals surface area contributed by atoms with Gasteiger partial charge in [0, 0.05) is 5.33 Å². The van der Waals surface area contributed by atoms with Gasteiger partial charge >= 0.3 is 103 Å². The van der Waals surface area contributed by atoms with E-state index in [1.807, 2.05) is 12.1 Å². The number of phenols is 1. The first kappa shape index (κ1) is 55.1.